The number of hydrogen-bond donors (Lipinski definition) is 0. The van der Waals surface area contributed by atoms with E-state index in [9.17, 15) is 10.1 Å². The van der Waals surface area contributed by atoms with E-state index in [-0.39, 0.29) is 5.78 Å². The molecule has 0 aliphatic carbocycles. The van der Waals surface area contributed by atoms with E-state index in [4.69, 9.17) is 9.72 Å². The summed E-state index contributed by atoms with van der Waals surface area (Å²) >= 11 is 1.64. The fourth-order valence-corrected chi connectivity index (χ4v) is 4.68. The van der Waals surface area contributed by atoms with Gasteiger partial charge in [-0.15, -0.1) is 11.8 Å². The summed E-state index contributed by atoms with van der Waals surface area (Å²) in [6.07, 6.45) is 0.749. The number of benzene rings is 2. The minimum Gasteiger partial charge on any atom is -0.496 e. The van der Waals surface area contributed by atoms with Gasteiger partial charge in [0.25, 0.3) is 0 Å². The number of para-hydroxylation sites is 2. The third kappa shape index (κ3) is 3.42. The normalized spacial score (nSPS) is 11.0. The van der Waals surface area contributed by atoms with Crippen LogP contribution in [0.3, 0.4) is 0 Å². The molecule has 0 fully saturated rings. The number of carbonyl (C=O) groups is 1. The molecule has 0 unspecified atom stereocenters. The van der Waals surface area contributed by atoms with Crippen LogP contribution in [0.25, 0.3) is 16.7 Å². The van der Waals surface area contributed by atoms with Gasteiger partial charge in [-0.1, -0.05) is 19.1 Å². The maximum atomic E-state index is 11.8. The zero-order valence-electron chi connectivity index (χ0n) is 17.1. The molecule has 0 saturated carbocycles. The van der Waals surface area contributed by atoms with Crippen molar-refractivity contribution in [2.45, 2.75) is 31.0 Å². The van der Waals surface area contributed by atoms with Crippen LogP contribution in [0.1, 0.15) is 40.9 Å². The van der Waals surface area contributed by atoms with Crippen molar-refractivity contribution in [3.05, 3.63) is 70.8 Å². The van der Waals surface area contributed by atoms with Crippen molar-refractivity contribution in [2.24, 2.45) is 0 Å². The molecule has 0 amide bonds. The molecule has 0 saturated heterocycles. The third-order valence-corrected chi connectivity index (χ3v) is 6.23. The summed E-state index contributed by atoms with van der Waals surface area (Å²) in [7, 11) is 1.63. The van der Waals surface area contributed by atoms with Crippen LogP contribution in [0.15, 0.2) is 53.6 Å². The largest absolute Gasteiger partial charge is 0.496 e. The van der Waals surface area contributed by atoms with Gasteiger partial charge in [0.1, 0.15) is 11.8 Å². The topological polar surface area (TPSA) is 67.4 Å². The average Bonchev–Trinajstić information content (AvgIpc) is 3.16. The molecule has 2 aromatic heterocycles. The number of hydrogen-bond acceptors (Lipinski definition) is 5. The first-order valence-corrected chi connectivity index (χ1v) is 10.7. The first-order chi connectivity index (χ1) is 14.6. The maximum Gasteiger partial charge on any atom is 0.159 e. The molecule has 6 heteroatoms. The molecule has 0 aliphatic rings. The highest BCUT2D eigenvalue weighted by atomic mass is 32.2. The lowest BCUT2D eigenvalue weighted by molar-refractivity contribution is 0.101. The molecule has 4 rings (SSSR count). The highest BCUT2D eigenvalue weighted by molar-refractivity contribution is 7.98. The van der Waals surface area contributed by atoms with Gasteiger partial charge in [-0.05, 0) is 55.3 Å². The van der Waals surface area contributed by atoms with Crippen molar-refractivity contribution in [1.29, 1.82) is 5.26 Å². The second-order valence-electron chi connectivity index (χ2n) is 6.98. The Morgan fingerprint density at radius 1 is 1.20 bits per heavy atom. The number of nitriles is 1. The summed E-state index contributed by atoms with van der Waals surface area (Å²) in [5, 5.41) is 10.8. The molecule has 2 heterocycles. The molecule has 4 aromatic rings. The Morgan fingerprint density at radius 2 is 2.00 bits per heavy atom. The highest BCUT2D eigenvalue weighted by Gasteiger charge is 2.17. The van der Waals surface area contributed by atoms with Crippen LogP contribution in [-0.4, -0.2) is 22.3 Å². The lowest BCUT2D eigenvalue weighted by Gasteiger charge is -2.13. The van der Waals surface area contributed by atoms with Crippen molar-refractivity contribution in [1.82, 2.24) is 9.38 Å². The lowest BCUT2D eigenvalue weighted by Crippen LogP contribution is -2.00. The minimum atomic E-state index is 0.0264. The van der Waals surface area contributed by atoms with Gasteiger partial charge in [0, 0.05) is 16.9 Å². The molecule has 0 spiro atoms. The molecular weight excluding hydrogens is 394 g/mol. The van der Waals surface area contributed by atoms with Crippen LogP contribution in [0, 0.1) is 11.3 Å². The molecule has 0 N–H and O–H groups in total. The summed E-state index contributed by atoms with van der Waals surface area (Å²) in [4.78, 5) is 16.6. The van der Waals surface area contributed by atoms with Crippen LogP contribution < -0.4 is 4.74 Å². The van der Waals surface area contributed by atoms with E-state index in [0.717, 1.165) is 39.4 Å². The Hall–Kier alpha value is -3.30. The number of nitrogens with zero attached hydrogens (tertiary/aromatic N) is 3. The summed E-state index contributed by atoms with van der Waals surface area (Å²) < 4.78 is 7.56. The standard InChI is InChI=1S/C24H21N3O2S/c1-4-16-12-23(30-14-18-11-17(15(2)28)9-10-22(18)29-3)27-21-8-6-5-7-20(21)26-24(27)19(16)13-25/h5-12H,4,14H2,1-3H3. The van der Waals surface area contributed by atoms with Gasteiger partial charge >= 0.3 is 0 Å². The third-order valence-electron chi connectivity index (χ3n) is 5.18. The number of methoxy groups -OCH3 is 1. The Kier molecular flexibility index (Phi) is 5.47. The molecule has 2 aromatic carbocycles. The first kappa shape index (κ1) is 20.0. The van der Waals surface area contributed by atoms with Crippen molar-refractivity contribution in [2.75, 3.05) is 7.11 Å². The zero-order valence-corrected chi connectivity index (χ0v) is 17.9. The predicted octanol–water partition coefficient (Wildman–Crippen LogP) is 5.43. The highest BCUT2D eigenvalue weighted by Crippen LogP contribution is 2.33. The van der Waals surface area contributed by atoms with E-state index < -0.39 is 0 Å². The fraction of sp³-hybridized carbons (Fsp3) is 0.208. The number of Topliss-reactive ketones (excluding diaryl/α,β-unsaturated/α-hetero) is 1. The van der Waals surface area contributed by atoms with Gasteiger partial charge < -0.3 is 4.74 Å². The average molecular weight is 416 g/mol. The summed E-state index contributed by atoms with van der Waals surface area (Å²) in [6.45, 7) is 3.61. The van der Waals surface area contributed by atoms with Gasteiger partial charge in [-0.2, -0.15) is 5.26 Å². The van der Waals surface area contributed by atoms with Crippen LogP contribution >= 0.6 is 11.8 Å². The Bertz CT molecular complexity index is 1320. The van der Waals surface area contributed by atoms with Crippen molar-refractivity contribution < 1.29 is 9.53 Å². The second kappa shape index (κ2) is 8.21. The Labute approximate surface area is 179 Å². The molecule has 0 aliphatic heterocycles. The van der Waals surface area contributed by atoms with E-state index in [2.05, 4.69) is 16.5 Å². The number of fused-ring (bicyclic) bond motifs is 3. The quantitative estimate of drug-likeness (QED) is 0.310. The zero-order chi connectivity index (χ0) is 21.3. The first-order valence-electron chi connectivity index (χ1n) is 9.71. The molecule has 30 heavy (non-hydrogen) atoms. The van der Waals surface area contributed by atoms with E-state index >= 15 is 0 Å². The Morgan fingerprint density at radius 3 is 2.70 bits per heavy atom. The molecule has 150 valence electrons. The number of ether oxygens (including phenoxy) is 1. The number of thioether (sulfide) groups is 1. The molecule has 0 bridgehead atoms. The van der Waals surface area contributed by atoms with Gasteiger partial charge in [0.15, 0.2) is 11.4 Å². The number of rotatable bonds is 6. The van der Waals surface area contributed by atoms with Gasteiger partial charge in [0.2, 0.25) is 0 Å². The van der Waals surface area contributed by atoms with Crippen LogP contribution in [0.4, 0.5) is 0 Å². The monoisotopic (exact) mass is 415 g/mol. The Balaban J connectivity index is 1.85. The maximum absolute atomic E-state index is 11.8. The molecule has 0 radical (unpaired) electrons. The number of imidazole rings is 1. The van der Waals surface area contributed by atoms with Crippen molar-refractivity contribution >= 4 is 34.2 Å². The van der Waals surface area contributed by atoms with Gasteiger partial charge in [0.05, 0.1) is 28.7 Å². The summed E-state index contributed by atoms with van der Waals surface area (Å²) in [6, 6.07) is 17.8. The van der Waals surface area contributed by atoms with E-state index in [1.54, 1.807) is 31.9 Å². The number of aromatic nitrogens is 2. The predicted molar refractivity (Wildman–Crippen MR) is 119 cm³/mol. The molecule has 0 atom stereocenters. The second-order valence-corrected chi connectivity index (χ2v) is 7.97. The van der Waals surface area contributed by atoms with Crippen LogP contribution in [0.2, 0.25) is 0 Å². The van der Waals surface area contributed by atoms with Crippen LogP contribution in [-0.2, 0) is 12.2 Å². The molecular formula is C24H21N3O2S. The fourth-order valence-electron chi connectivity index (χ4n) is 3.62. The van der Waals surface area contributed by atoms with Crippen molar-refractivity contribution in [3.8, 4) is 11.8 Å². The van der Waals surface area contributed by atoms with E-state index in [1.165, 1.54) is 0 Å². The van der Waals surface area contributed by atoms with E-state index in [1.807, 2.05) is 43.3 Å². The van der Waals surface area contributed by atoms with Crippen LogP contribution in [0.5, 0.6) is 5.75 Å². The van der Waals surface area contributed by atoms with E-state index in [0.29, 0.717) is 22.5 Å². The number of carbonyl (C=O) groups excluding carboxylic acids is 1. The number of pyridine rings is 1. The molecule has 5 nitrogen and oxygen atoms in total. The summed E-state index contributed by atoms with van der Waals surface area (Å²) in [5.74, 6) is 1.41. The lowest BCUT2D eigenvalue weighted by atomic mass is 10.1. The number of aryl methyl sites for hydroxylation is 1. The van der Waals surface area contributed by atoms with Gasteiger partial charge in [-0.3, -0.25) is 9.20 Å². The summed E-state index contributed by atoms with van der Waals surface area (Å²) in [5.41, 5.74) is 5.74. The minimum absolute atomic E-state index is 0.0264. The smallest absolute Gasteiger partial charge is 0.159 e. The van der Waals surface area contributed by atoms with Gasteiger partial charge in [-0.25, -0.2) is 4.98 Å². The van der Waals surface area contributed by atoms with Crippen molar-refractivity contribution in [3.63, 3.8) is 0 Å². The SMILES string of the molecule is CCc1cc(SCc2cc(C(C)=O)ccc2OC)n2c(nc3ccccc32)c1C#N. The number of ketones is 1.